The van der Waals surface area contributed by atoms with Crippen molar-refractivity contribution in [1.29, 1.82) is 0 Å². The molecule has 0 saturated carbocycles. The Bertz CT molecular complexity index is 951. The highest BCUT2D eigenvalue weighted by Crippen LogP contribution is 2.31. The summed E-state index contributed by atoms with van der Waals surface area (Å²) in [5, 5.41) is 13.1. The second kappa shape index (κ2) is 7.00. The zero-order valence-corrected chi connectivity index (χ0v) is 13.5. The molecule has 6 heteroatoms. The maximum atomic E-state index is 12.3. The predicted octanol–water partition coefficient (Wildman–Crippen LogP) is 4.02. The average Bonchev–Trinajstić information content (AvgIpc) is 2.65. The first-order valence-corrected chi connectivity index (χ1v) is 7.56. The van der Waals surface area contributed by atoms with Crippen molar-refractivity contribution in [3.63, 3.8) is 0 Å². The number of carbonyl (C=O) groups excluding carboxylic acids is 1. The molecule has 0 aliphatic heterocycles. The number of fused-ring (bicyclic) bond motifs is 1. The first kappa shape index (κ1) is 16.4. The number of benzene rings is 3. The van der Waals surface area contributed by atoms with Gasteiger partial charge < -0.3 is 9.47 Å². The van der Waals surface area contributed by atoms with E-state index >= 15 is 0 Å². The first-order chi connectivity index (χ1) is 12.1. The van der Waals surface area contributed by atoms with Crippen LogP contribution in [0.1, 0.15) is 10.4 Å². The van der Waals surface area contributed by atoms with E-state index in [1.807, 2.05) is 30.3 Å². The Balaban J connectivity index is 1.78. The van der Waals surface area contributed by atoms with Crippen LogP contribution < -0.4 is 9.47 Å². The highest BCUT2D eigenvalue weighted by Gasteiger charge is 2.18. The summed E-state index contributed by atoms with van der Waals surface area (Å²) in [7, 11) is 1.42. The van der Waals surface area contributed by atoms with E-state index in [4.69, 9.17) is 9.47 Å². The van der Waals surface area contributed by atoms with E-state index in [2.05, 4.69) is 0 Å². The van der Waals surface area contributed by atoms with Crippen molar-refractivity contribution in [2.75, 3.05) is 13.7 Å². The second-order valence-corrected chi connectivity index (χ2v) is 5.36. The van der Waals surface area contributed by atoms with E-state index in [-0.39, 0.29) is 23.8 Å². The molecule has 3 aromatic rings. The molecule has 0 unspecified atom stereocenters. The van der Waals surface area contributed by atoms with Crippen LogP contribution in [0.3, 0.4) is 0 Å². The summed E-state index contributed by atoms with van der Waals surface area (Å²) in [5.41, 5.74) is 0.250. The number of Topliss-reactive ketones (excluding diaryl/α,β-unsaturated/α-hetero) is 1. The van der Waals surface area contributed by atoms with Crippen LogP contribution in [0, 0.1) is 10.1 Å². The number of nitro benzene ring substituents is 1. The van der Waals surface area contributed by atoms with Crippen molar-refractivity contribution in [2.45, 2.75) is 0 Å². The molecule has 0 aliphatic rings. The molecule has 0 amide bonds. The molecule has 25 heavy (non-hydrogen) atoms. The fourth-order valence-electron chi connectivity index (χ4n) is 2.48. The molecule has 0 fully saturated rings. The second-order valence-electron chi connectivity index (χ2n) is 5.36. The minimum absolute atomic E-state index is 0.0277. The highest BCUT2D eigenvalue weighted by atomic mass is 16.6. The Kier molecular flexibility index (Phi) is 4.61. The normalized spacial score (nSPS) is 10.4. The maximum absolute atomic E-state index is 12.3. The van der Waals surface area contributed by atoms with E-state index in [0.717, 1.165) is 10.8 Å². The van der Waals surface area contributed by atoms with Crippen molar-refractivity contribution >= 4 is 22.2 Å². The van der Waals surface area contributed by atoms with E-state index < -0.39 is 4.92 Å². The fourth-order valence-corrected chi connectivity index (χ4v) is 2.48. The molecule has 0 N–H and O–H groups in total. The molecular weight excluding hydrogens is 322 g/mol. The lowest BCUT2D eigenvalue weighted by atomic mass is 10.0. The van der Waals surface area contributed by atoms with E-state index in [1.165, 1.54) is 19.2 Å². The van der Waals surface area contributed by atoms with Crippen molar-refractivity contribution in [1.82, 2.24) is 0 Å². The smallest absolute Gasteiger partial charge is 0.314 e. The molecule has 0 aromatic heterocycles. The van der Waals surface area contributed by atoms with Gasteiger partial charge in [-0.2, -0.15) is 0 Å². The van der Waals surface area contributed by atoms with Gasteiger partial charge in [-0.3, -0.25) is 14.9 Å². The predicted molar refractivity (Wildman–Crippen MR) is 93.4 cm³/mol. The molecule has 0 atom stereocenters. The van der Waals surface area contributed by atoms with Gasteiger partial charge in [0.15, 0.2) is 18.1 Å². The van der Waals surface area contributed by atoms with Gasteiger partial charge in [-0.25, -0.2) is 0 Å². The molecule has 126 valence electrons. The van der Waals surface area contributed by atoms with Gasteiger partial charge in [0.05, 0.1) is 18.1 Å². The summed E-state index contributed by atoms with van der Waals surface area (Å²) < 4.78 is 10.3. The van der Waals surface area contributed by atoms with Gasteiger partial charge in [-0.1, -0.05) is 36.4 Å². The SMILES string of the molecule is COc1ccc(OCC(=O)c2ccc3ccccc3c2)c([N+](=O)[O-])c1. The molecule has 0 heterocycles. The lowest BCUT2D eigenvalue weighted by Gasteiger charge is -2.08. The van der Waals surface area contributed by atoms with Crippen LogP contribution in [-0.2, 0) is 0 Å². The van der Waals surface area contributed by atoms with Crippen molar-refractivity contribution in [3.05, 3.63) is 76.3 Å². The number of methoxy groups -OCH3 is 1. The quantitative estimate of drug-likeness (QED) is 0.386. The summed E-state index contributed by atoms with van der Waals surface area (Å²) in [6.45, 7) is -0.286. The third-order valence-corrected chi connectivity index (χ3v) is 3.79. The molecule has 0 aliphatic carbocycles. The van der Waals surface area contributed by atoms with Gasteiger partial charge in [0, 0.05) is 5.56 Å². The van der Waals surface area contributed by atoms with Crippen molar-refractivity contribution < 1.29 is 19.2 Å². The number of ketones is 1. The summed E-state index contributed by atoms with van der Waals surface area (Å²) >= 11 is 0. The molecular formula is C19H15NO5. The molecule has 3 aromatic carbocycles. The van der Waals surface area contributed by atoms with Crippen LogP contribution in [0.5, 0.6) is 11.5 Å². The molecule has 0 bridgehead atoms. The van der Waals surface area contributed by atoms with E-state index in [0.29, 0.717) is 11.3 Å². The summed E-state index contributed by atoms with van der Waals surface area (Å²) in [4.78, 5) is 22.9. The minimum Gasteiger partial charge on any atom is -0.496 e. The lowest BCUT2D eigenvalue weighted by molar-refractivity contribution is -0.385. The minimum atomic E-state index is -0.571. The van der Waals surface area contributed by atoms with Crippen LogP contribution in [0.25, 0.3) is 10.8 Å². The topological polar surface area (TPSA) is 78.7 Å². The molecule has 6 nitrogen and oxygen atoms in total. The molecule has 0 radical (unpaired) electrons. The fraction of sp³-hybridized carbons (Fsp3) is 0.105. The zero-order chi connectivity index (χ0) is 17.8. The van der Waals surface area contributed by atoms with Crippen LogP contribution >= 0.6 is 0 Å². The number of nitro groups is 1. The van der Waals surface area contributed by atoms with Gasteiger partial charge in [0.1, 0.15) is 5.75 Å². The molecule has 3 rings (SSSR count). The Morgan fingerprint density at radius 2 is 1.80 bits per heavy atom. The Labute approximate surface area is 143 Å². The number of carbonyl (C=O) groups is 1. The van der Waals surface area contributed by atoms with Gasteiger partial charge >= 0.3 is 5.69 Å². The average molecular weight is 337 g/mol. The van der Waals surface area contributed by atoms with Crippen LogP contribution in [0.15, 0.2) is 60.7 Å². The van der Waals surface area contributed by atoms with Crippen molar-refractivity contribution in [2.24, 2.45) is 0 Å². The van der Waals surface area contributed by atoms with Crippen LogP contribution in [-0.4, -0.2) is 24.4 Å². The number of nitrogens with zero attached hydrogens (tertiary/aromatic N) is 1. The summed E-state index contributed by atoms with van der Waals surface area (Å²) in [6.07, 6.45) is 0. The van der Waals surface area contributed by atoms with Gasteiger partial charge in [-0.15, -0.1) is 0 Å². The van der Waals surface area contributed by atoms with Gasteiger partial charge in [0.2, 0.25) is 0 Å². The zero-order valence-electron chi connectivity index (χ0n) is 13.5. The number of ether oxygens (including phenoxy) is 2. The standard InChI is InChI=1S/C19H15NO5/c1-24-16-8-9-19(17(11-16)20(22)23)25-12-18(21)15-7-6-13-4-2-3-5-14(13)10-15/h2-11H,12H2,1H3. The summed E-state index contributed by atoms with van der Waals surface area (Å²) in [5.74, 6) is 0.121. The molecule has 0 saturated heterocycles. The largest absolute Gasteiger partial charge is 0.496 e. The first-order valence-electron chi connectivity index (χ1n) is 7.56. The third kappa shape index (κ3) is 3.58. The van der Waals surface area contributed by atoms with E-state index in [1.54, 1.807) is 18.2 Å². The van der Waals surface area contributed by atoms with E-state index in [9.17, 15) is 14.9 Å². The number of hydrogen-bond acceptors (Lipinski definition) is 5. The highest BCUT2D eigenvalue weighted by molar-refractivity contribution is 6.00. The lowest BCUT2D eigenvalue weighted by Crippen LogP contribution is -2.12. The van der Waals surface area contributed by atoms with Crippen LogP contribution in [0.4, 0.5) is 5.69 Å². The summed E-state index contributed by atoms with van der Waals surface area (Å²) in [6, 6.07) is 17.3. The molecule has 0 spiro atoms. The Morgan fingerprint density at radius 3 is 2.52 bits per heavy atom. The maximum Gasteiger partial charge on any atom is 0.314 e. The van der Waals surface area contributed by atoms with Gasteiger partial charge in [-0.05, 0) is 29.0 Å². The monoisotopic (exact) mass is 337 g/mol. The van der Waals surface area contributed by atoms with Crippen LogP contribution in [0.2, 0.25) is 0 Å². The third-order valence-electron chi connectivity index (χ3n) is 3.79. The number of hydrogen-bond donors (Lipinski definition) is 0. The van der Waals surface area contributed by atoms with Crippen molar-refractivity contribution in [3.8, 4) is 11.5 Å². The Morgan fingerprint density at radius 1 is 1.04 bits per heavy atom. The van der Waals surface area contributed by atoms with Gasteiger partial charge in [0.25, 0.3) is 0 Å². The Hall–Kier alpha value is -3.41. The number of rotatable bonds is 6.